The lowest BCUT2D eigenvalue weighted by atomic mass is 10.1. The van der Waals surface area contributed by atoms with Gasteiger partial charge in [-0.05, 0) is 83.3 Å². The first-order chi connectivity index (χ1) is 21.2. The molecule has 44 heavy (non-hydrogen) atoms. The molecule has 0 aliphatic carbocycles. The molecule has 0 unspecified atom stereocenters. The van der Waals surface area contributed by atoms with Crippen LogP contribution in [0.2, 0.25) is 0 Å². The van der Waals surface area contributed by atoms with Crippen LogP contribution in [-0.4, -0.2) is 16.8 Å². The Hall–Kier alpha value is -4.41. The average Bonchev–Trinajstić information content (AvgIpc) is 3.05. The zero-order chi connectivity index (χ0) is 30.8. The lowest BCUT2D eigenvalue weighted by Crippen LogP contribution is -2.15. The highest BCUT2D eigenvalue weighted by molar-refractivity contribution is 8.33. The van der Waals surface area contributed by atoms with Gasteiger partial charge < -0.3 is 4.18 Å². The molecule has 9 heteroatoms. The minimum Gasteiger partial charge on any atom is -0.378 e. The quantitative estimate of drug-likeness (QED) is 0.147. The Morgan fingerprint density at radius 3 is 1.43 bits per heavy atom. The van der Waals surface area contributed by atoms with Crippen molar-refractivity contribution < 1.29 is 24.6 Å². The van der Waals surface area contributed by atoms with Gasteiger partial charge in [0.25, 0.3) is 0 Å². The molecule has 0 bridgehead atoms. The standard InChI is InChI=1S/C35H28O6S3/c1-27-23-25-32(26-24-27)43(36,37)40-33-21-11-13-28-14-12-22-34(35(28)33)44(38,39)41-42(29-15-5-2-6-16-29,30-17-7-3-8-18-30)31-19-9-4-10-20-31/h2-26H,1H3. The van der Waals surface area contributed by atoms with Crippen LogP contribution >= 0.6 is 10.3 Å². The summed E-state index contributed by atoms with van der Waals surface area (Å²) in [6.07, 6.45) is 0. The van der Waals surface area contributed by atoms with Crippen LogP contribution in [0.15, 0.2) is 176 Å². The highest BCUT2D eigenvalue weighted by Gasteiger charge is 2.39. The van der Waals surface area contributed by atoms with E-state index in [9.17, 15) is 16.8 Å². The third kappa shape index (κ3) is 5.62. The molecule has 6 rings (SSSR count). The predicted octanol–water partition coefficient (Wildman–Crippen LogP) is 8.52. The molecule has 0 heterocycles. The number of hydrogen-bond acceptors (Lipinski definition) is 6. The van der Waals surface area contributed by atoms with E-state index in [0.717, 1.165) is 5.56 Å². The van der Waals surface area contributed by atoms with Gasteiger partial charge in [0.2, 0.25) is 0 Å². The largest absolute Gasteiger partial charge is 0.378 e. The van der Waals surface area contributed by atoms with Crippen molar-refractivity contribution in [3.63, 3.8) is 0 Å². The molecule has 0 saturated heterocycles. The molecule has 6 aromatic carbocycles. The fraction of sp³-hybridized carbons (Fsp3) is 0.0286. The summed E-state index contributed by atoms with van der Waals surface area (Å²) < 4.78 is 67.9. The monoisotopic (exact) mass is 640 g/mol. The van der Waals surface area contributed by atoms with E-state index < -0.39 is 30.5 Å². The number of fused-ring (bicyclic) bond motifs is 1. The second-order valence-electron chi connectivity index (χ2n) is 9.98. The van der Waals surface area contributed by atoms with Crippen LogP contribution in [0.25, 0.3) is 10.8 Å². The van der Waals surface area contributed by atoms with Gasteiger partial charge in [-0.15, -0.1) is 0 Å². The molecule has 6 aromatic rings. The van der Waals surface area contributed by atoms with Gasteiger partial charge in [-0.25, -0.2) is 3.63 Å². The van der Waals surface area contributed by atoms with Crippen molar-refractivity contribution in [2.45, 2.75) is 31.4 Å². The Bertz CT molecular complexity index is 2030. The number of hydrogen-bond donors (Lipinski definition) is 0. The van der Waals surface area contributed by atoms with Gasteiger partial charge in [-0.3, -0.25) is 0 Å². The molecule has 0 aliphatic heterocycles. The third-order valence-electron chi connectivity index (χ3n) is 7.02. The van der Waals surface area contributed by atoms with Crippen LogP contribution in [0.4, 0.5) is 0 Å². The van der Waals surface area contributed by atoms with E-state index in [1.165, 1.54) is 24.3 Å². The van der Waals surface area contributed by atoms with Gasteiger partial charge in [0, 0.05) is 20.1 Å². The Labute approximate surface area is 259 Å². The SMILES string of the molecule is Cc1ccc(S(=O)(=O)Oc2cccc3cccc(S(=O)(=O)OS(c4ccccc4)(c4ccccc4)c4ccccc4)c23)cc1. The van der Waals surface area contributed by atoms with Crippen molar-refractivity contribution in [1.29, 1.82) is 0 Å². The van der Waals surface area contributed by atoms with Crippen LogP contribution < -0.4 is 4.18 Å². The van der Waals surface area contributed by atoms with E-state index >= 15 is 0 Å². The number of benzene rings is 6. The van der Waals surface area contributed by atoms with Crippen molar-refractivity contribution >= 4 is 41.3 Å². The fourth-order valence-electron chi connectivity index (χ4n) is 4.96. The minimum absolute atomic E-state index is 0.0441. The number of rotatable bonds is 9. The first-order valence-corrected chi connectivity index (χ1v) is 18.1. The molecule has 222 valence electrons. The molecular formula is C35H28O6S3. The smallest absolute Gasteiger partial charge is 0.339 e. The molecule has 0 radical (unpaired) electrons. The molecule has 0 fully saturated rings. The van der Waals surface area contributed by atoms with Crippen LogP contribution in [0.1, 0.15) is 5.56 Å². The molecule has 0 spiro atoms. The van der Waals surface area contributed by atoms with E-state index in [2.05, 4.69) is 0 Å². The van der Waals surface area contributed by atoms with Crippen LogP contribution in [0.3, 0.4) is 0 Å². The maximum absolute atomic E-state index is 14.6. The number of aryl methyl sites for hydroxylation is 1. The maximum atomic E-state index is 14.6. The Morgan fingerprint density at radius 2 is 0.932 bits per heavy atom. The molecule has 6 nitrogen and oxygen atoms in total. The van der Waals surface area contributed by atoms with E-state index in [-0.39, 0.29) is 20.9 Å². The van der Waals surface area contributed by atoms with Gasteiger partial charge in [-0.1, -0.05) is 96.6 Å². The summed E-state index contributed by atoms with van der Waals surface area (Å²) in [5.74, 6) is -0.120. The zero-order valence-corrected chi connectivity index (χ0v) is 26.1. The van der Waals surface area contributed by atoms with Crippen molar-refractivity contribution in [3.8, 4) is 5.75 Å². The van der Waals surface area contributed by atoms with Crippen molar-refractivity contribution in [1.82, 2.24) is 0 Å². The summed E-state index contributed by atoms with van der Waals surface area (Å²) in [4.78, 5) is 1.79. The molecule has 0 N–H and O–H groups in total. The molecule has 0 amide bonds. The Morgan fingerprint density at radius 1 is 0.455 bits per heavy atom. The van der Waals surface area contributed by atoms with E-state index in [4.69, 9.17) is 7.81 Å². The highest BCUT2D eigenvalue weighted by atomic mass is 32.3. The van der Waals surface area contributed by atoms with E-state index in [1.807, 2.05) is 97.9 Å². The van der Waals surface area contributed by atoms with Crippen LogP contribution in [0.5, 0.6) is 5.75 Å². The molecule has 0 aromatic heterocycles. The fourth-order valence-corrected chi connectivity index (χ4v) is 11.4. The summed E-state index contributed by atoms with van der Waals surface area (Å²) in [5, 5.41) is 0.583. The Kier molecular flexibility index (Phi) is 8.04. The first kappa shape index (κ1) is 29.7. The second-order valence-corrected chi connectivity index (χ2v) is 15.9. The van der Waals surface area contributed by atoms with Crippen LogP contribution in [0, 0.1) is 6.92 Å². The summed E-state index contributed by atoms with van der Waals surface area (Å²) in [7, 11) is -11.7. The molecular weight excluding hydrogens is 613 g/mol. The Balaban J connectivity index is 1.55. The van der Waals surface area contributed by atoms with Gasteiger partial charge in [0.05, 0.1) is 0 Å². The zero-order valence-electron chi connectivity index (χ0n) is 23.6. The molecule has 0 aliphatic rings. The normalized spacial score (nSPS) is 12.6. The summed E-state index contributed by atoms with van der Waals surface area (Å²) in [5.41, 5.74) is 0.890. The second kappa shape index (κ2) is 11.9. The van der Waals surface area contributed by atoms with Crippen molar-refractivity contribution in [3.05, 3.63) is 157 Å². The summed E-state index contributed by atoms with van der Waals surface area (Å²) in [6.45, 7) is 1.85. The average molecular weight is 641 g/mol. The molecule has 0 saturated carbocycles. The summed E-state index contributed by atoms with van der Waals surface area (Å²) >= 11 is 0. The predicted molar refractivity (Wildman–Crippen MR) is 173 cm³/mol. The van der Waals surface area contributed by atoms with Gasteiger partial charge in [-0.2, -0.15) is 16.8 Å². The molecule has 0 atom stereocenters. The lowest BCUT2D eigenvalue weighted by molar-refractivity contribution is 0.486. The summed E-state index contributed by atoms with van der Waals surface area (Å²) in [6, 6.07) is 43.5. The van der Waals surface area contributed by atoms with E-state index in [1.54, 1.807) is 36.4 Å². The topological polar surface area (TPSA) is 86.7 Å². The van der Waals surface area contributed by atoms with Crippen molar-refractivity contribution in [2.75, 3.05) is 0 Å². The first-order valence-electron chi connectivity index (χ1n) is 13.7. The lowest BCUT2D eigenvalue weighted by Gasteiger charge is -2.39. The van der Waals surface area contributed by atoms with Gasteiger partial charge in [0.15, 0.2) is 5.75 Å². The highest BCUT2D eigenvalue weighted by Crippen LogP contribution is 2.70. The van der Waals surface area contributed by atoms with Gasteiger partial charge >= 0.3 is 20.2 Å². The van der Waals surface area contributed by atoms with Crippen molar-refractivity contribution in [2.24, 2.45) is 0 Å². The minimum atomic E-state index is -4.58. The van der Waals surface area contributed by atoms with Gasteiger partial charge in [0.1, 0.15) is 9.79 Å². The third-order valence-corrected chi connectivity index (χ3v) is 13.5. The van der Waals surface area contributed by atoms with Crippen LogP contribution in [-0.2, 0) is 23.9 Å². The van der Waals surface area contributed by atoms with E-state index in [0.29, 0.717) is 20.1 Å². The maximum Gasteiger partial charge on any atom is 0.339 e.